The fraction of sp³-hybridized carbons (Fsp3) is 0.200. The largest absolute Gasteiger partial charge is 0.385 e. The Balaban J connectivity index is 1.95. The number of hydrogen-bond donors (Lipinski definition) is 2. The Kier molecular flexibility index (Phi) is 5.40. The third kappa shape index (κ3) is 3.79. The molecule has 0 fully saturated rings. The maximum Gasteiger partial charge on any atom is 0.257 e. The second kappa shape index (κ2) is 7.72. The molecule has 0 bridgehead atoms. The maximum absolute atomic E-state index is 12.9. The fourth-order valence-electron chi connectivity index (χ4n) is 2.71. The van der Waals surface area contributed by atoms with Crippen LogP contribution in [0.1, 0.15) is 47.7 Å². The van der Waals surface area contributed by atoms with E-state index in [2.05, 4.69) is 10.5 Å². The molecule has 2 aromatic carbocycles. The molecule has 1 aromatic heterocycles. The third-order valence-electron chi connectivity index (χ3n) is 4.09. The second-order valence-electron chi connectivity index (χ2n) is 6.06. The van der Waals surface area contributed by atoms with E-state index in [1.165, 1.54) is 6.92 Å². The molecule has 5 nitrogen and oxygen atoms in total. The van der Waals surface area contributed by atoms with Crippen LogP contribution in [0.4, 0.5) is 0 Å². The van der Waals surface area contributed by atoms with E-state index in [0.29, 0.717) is 16.3 Å². The van der Waals surface area contributed by atoms with Crippen LogP contribution in [0, 0.1) is 0 Å². The topological polar surface area (TPSA) is 75.4 Å². The van der Waals surface area contributed by atoms with Crippen LogP contribution in [0.2, 0.25) is 5.02 Å². The van der Waals surface area contributed by atoms with E-state index in [0.717, 1.165) is 5.56 Å². The van der Waals surface area contributed by atoms with Crippen molar-refractivity contribution in [1.82, 2.24) is 10.5 Å². The highest BCUT2D eigenvalue weighted by atomic mass is 35.5. The Morgan fingerprint density at radius 2 is 1.77 bits per heavy atom. The first-order valence-electron chi connectivity index (χ1n) is 8.26. The van der Waals surface area contributed by atoms with Crippen molar-refractivity contribution in [3.8, 4) is 11.3 Å². The number of carbonyl (C=O) groups excluding carboxylic acids is 1. The number of rotatable bonds is 5. The Hall–Kier alpha value is -2.63. The monoisotopic (exact) mass is 370 g/mol. The van der Waals surface area contributed by atoms with E-state index in [9.17, 15) is 9.90 Å². The van der Waals surface area contributed by atoms with Crippen LogP contribution in [0.25, 0.3) is 11.3 Å². The van der Waals surface area contributed by atoms with Gasteiger partial charge in [0.25, 0.3) is 5.91 Å². The second-order valence-corrected chi connectivity index (χ2v) is 6.50. The maximum atomic E-state index is 12.9. The van der Waals surface area contributed by atoms with E-state index in [4.69, 9.17) is 16.1 Å². The summed E-state index contributed by atoms with van der Waals surface area (Å²) in [7, 11) is 0. The molecule has 2 N–H and O–H groups in total. The summed E-state index contributed by atoms with van der Waals surface area (Å²) in [5, 5.41) is 17.5. The molecule has 0 saturated heterocycles. The van der Waals surface area contributed by atoms with Gasteiger partial charge in [0.15, 0.2) is 5.76 Å². The molecule has 0 aliphatic rings. The lowest BCUT2D eigenvalue weighted by Crippen LogP contribution is -2.27. The van der Waals surface area contributed by atoms with Gasteiger partial charge in [-0.25, -0.2) is 0 Å². The number of aliphatic hydroxyl groups excluding tert-OH is 1. The molecular formula is C20H19ClN2O3. The van der Waals surface area contributed by atoms with Gasteiger partial charge in [0.05, 0.1) is 6.04 Å². The minimum absolute atomic E-state index is 0.132. The van der Waals surface area contributed by atoms with Crippen LogP contribution >= 0.6 is 11.6 Å². The van der Waals surface area contributed by atoms with Gasteiger partial charge in [-0.05, 0) is 31.5 Å². The highest BCUT2D eigenvalue weighted by Gasteiger charge is 2.27. The molecule has 3 aromatic rings. The average Bonchev–Trinajstić information content (AvgIpc) is 3.08. The van der Waals surface area contributed by atoms with Crippen molar-refractivity contribution in [3.05, 3.63) is 76.5 Å². The molecular weight excluding hydrogens is 352 g/mol. The highest BCUT2D eigenvalue weighted by Crippen LogP contribution is 2.30. The quantitative estimate of drug-likeness (QED) is 0.691. The van der Waals surface area contributed by atoms with Gasteiger partial charge in [-0.1, -0.05) is 59.2 Å². The van der Waals surface area contributed by atoms with Crippen molar-refractivity contribution < 1.29 is 14.4 Å². The summed E-state index contributed by atoms with van der Waals surface area (Å²) in [6.45, 7) is 3.42. The van der Waals surface area contributed by atoms with Crippen LogP contribution in [-0.2, 0) is 0 Å². The summed E-state index contributed by atoms with van der Waals surface area (Å²) in [6.07, 6.45) is -0.962. The lowest BCUT2D eigenvalue weighted by molar-refractivity contribution is 0.0927. The zero-order valence-electron chi connectivity index (χ0n) is 14.4. The molecule has 6 heteroatoms. The van der Waals surface area contributed by atoms with Crippen LogP contribution < -0.4 is 5.32 Å². The van der Waals surface area contributed by atoms with Crippen molar-refractivity contribution in [3.63, 3.8) is 0 Å². The van der Waals surface area contributed by atoms with Gasteiger partial charge in [0, 0.05) is 10.6 Å². The van der Waals surface area contributed by atoms with E-state index in [1.54, 1.807) is 24.3 Å². The van der Waals surface area contributed by atoms with Gasteiger partial charge >= 0.3 is 0 Å². The number of nitrogens with one attached hydrogen (secondary N) is 1. The number of nitrogens with zero attached hydrogens (tertiary/aromatic N) is 1. The van der Waals surface area contributed by atoms with Crippen molar-refractivity contribution in [2.24, 2.45) is 0 Å². The van der Waals surface area contributed by atoms with Gasteiger partial charge in [0.2, 0.25) is 0 Å². The van der Waals surface area contributed by atoms with Gasteiger partial charge in [0.1, 0.15) is 17.4 Å². The first-order valence-corrected chi connectivity index (χ1v) is 8.64. The smallest absolute Gasteiger partial charge is 0.257 e. The predicted octanol–water partition coefficient (Wildman–Crippen LogP) is 4.54. The number of halogens is 1. The molecule has 3 rings (SSSR count). The molecule has 0 spiro atoms. The van der Waals surface area contributed by atoms with Crippen LogP contribution in [-0.4, -0.2) is 16.2 Å². The average molecular weight is 371 g/mol. The zero-order valence-corrected chi connectivity index (χ0v) is 15.2. The number of hydrogen-bond acceptors (Lipinski definition) is 4. The Morgan fingerprint density at radius 1 is 1.12 bits per heavy atom. The Morgan fingerprint density at radius 3 is 2.38 bits per heavy atom. The minimum Gasteiger partial charge on any atom is -0.385 e. The molecule has 1 amide bonds. The van der Waals surface area contributed by atoms with E-state index >= 15 is 0 Å². The van der Waals surface area contributed by atoms with E-state index in [-0.39, 0.29) is 23.3 Å². The van der Waals surface area contributed by atoms with Crippen molar-refractivity contribution in [1.29, 1.82) is 0 Å². The number of benzene rings is 2. The SMILES string of the molecule is CC(O)c1onc(-c2ccc(Cl)cc2)c1C(=O)NC(C)c1ccccc1. The predicted molar refractivity (Wildman–Crippen MR) is 99.9 cm³/mol. The molecule has 2 unspecified atom stereocenters. The van der Waals surface area contributed by atoms with Crippen molar-refractivity contribution in [2.45, 2.75) is 26.0 Å². The van der Waals surface area contributed by atoms with Gasteiger partial charge < -0.3 is 14.9 Å². The van der Waals surface area contributed by atoms with Gasteiger partial charge in [-0.3, -0.25) is 4.79 Å². The molecule has 0 saturated carbocycles. The Bertz CT molecular complexity index is 889. The molecule has 1 heterocycles. The third-order valence-corrected chi connectivity index (χ3v) is 4.34. The fourth-order valence-corrected chi connectivity index (χ4v) is 2.83. The number of carbonyl (C=O) groups is 1. The highest BCUT2D eigenvalue weighted by molar-refractivity contribution is 6.30. The minimum atomic E-state index is -0.962. The van der Waals surface area contributed by atoms with Crippen LogP contribution in [0.3, 0.4) is 0 Å². The molecule has 0 radical (unpaired) electrons. The molecule has 26 heavy (non-hydrogen) atoms. The van der Waals surface area contributed by atoms with Crippen molar-refractivity contribution >= 4 is 17.5 Å². The van der Waals surface area contributed by atoms with E-state index < -0.39 is 6.10 Å². The van der Waals surface area contributed by atoms with E-state index in [1.807, 2.05) is 37.3 Å². The number of aliphatic hydroxyl groups is 1. The lowest BCUT2D eigenvalue weighted by Gasteiger charge is -2.15. The van der Waals surface area contributed by atoms with Crippen LogP contribution in [0.5, 0.6) is 0 Å². The first-order chi connectivity index (χ1) is 12.5. The van der Waals surface area contributed by atoms with Crippen molar-refractivity contribution in [2.75, 3.05) is 0 Å². The first kappa shape index (κ1) is 18.2. The Labute approximate surface area is 156 Å². The standard InChI is InChI=1S/C20H19ClN2O3/c1-12(14-6-4-3-5-7-14)22-20(25)17-18(23-26-19(17)13(2)24)15-8-10-16(21)11-9-15/h3-13,24H,1-2H3,(H,22,25). The normalized spacial score (nSPS) is 13.2. The molecule has 134 valence electrons. The summed E-state index contributed by atoms with van der Waals surface area (Å²) >= 11 is 5.93. The summed E-state index contributed by atoms with van der Waals surface area (Å²) in [5.74, 6) is -0.226. The zero-order chi connectivity index (χ0) is 18.7. The summed E-state index contributed by atoms with van der Waals surface area (Å²) in [6, 6.07) is 16.3. The number of amides is 1. The molecule has 0 aliphatic heterocycles. The number of aromatic nitrogens is 1. The summed E-state index contributed by atoms with van der Waals surface area (Å²) in [5.41, 5.74) is 2.26. The van der Waals surface area contributed by atoms with Gasteiger partial charge in [-0.15, -0.1) is 0 Å². The molecule has 2 atom stereocenters. The summed E-state index contributed by atoms with van der Waals surface area (Å²) in [4.78, 5) is 12.9. The van der Waals surface area contributed by atoms with Crippen LogP contribution in [0.15, 0.2) is 59.1 Å². The summed E-state index contributed by atoms with van der Waals surface area (Å²) < 4.78 is 5.26. The lowest BCUT2D eigenvalue weighted by atomic mass is 10.0. The molecule has 0 aliphatic carbocycles. The van der Waals surface area contributed by atoms with Gasteiger partial charge in [-0.2, -0.15) is 0 Å².